The maximum atomic E-state index is 13.6. The van der Waals surface area contributed by atoms with Gasteiger partial charge in [0.2, 0.25) is 10.0 Å². The lowest BCUT2D eigenvalue weighted by Gasteiger charge is -2.17. The number of hydrogen-bond donors (Lipinski definition) is 1. The van der Waals surface area contributed by atoms with Gasteiger partial charge in [-0.25, -0.2) is 17.8 Å². The summed E-state index contributed by atoms with van der Waals surface area (Å²) >= 11 is 0. The third-order valence-corrected chi connectivity index (χ3v) is 7.11. The number of fused-ring (bicyclic) bond motifs is 1. The average Bonchev–Trinajstić information content (AvgIpc) is 3.17. The van der Waals surface area contributed by atoms with Crippen molar-refractivity contribution in [3.05, 3.63) is 71.8 Å². The molecule has 36 heavy (non-hydrogen) atoms. The number of rotatable bonds is 6. The first-order valence-corrected chi connectivity index (χ1v) is 12.2. The molecule has 0 spiro atoms. The first-order chi connectivity index (χ1) is 17.0. The maximum Gasteiger partial charge on any atom is 0.404 e. The predicted molar refractivity (Wildman–Crippen MR) is 124 cm³/mol. The zero-order valence-corrected chi connectivity index (χ0v) is 19.8. The van der Waals surface area contributed by atoms with Crippen molar-refractivity contribution in [1.82, 2.24) is 19.3 Å². The van der Waals surface area contributed by atoms with Crippen molar-refractivity contribution in [1.29, 1.82) is 5.26 Å². The Balaban J connectivity index is 1.89. The summed E-state index contributed by atoms with van der Waals surface area (Å²) in [5, 5.41) is 10.5. The summed E-state index contributed by atoms with van der Waals surface area (Å²) in [6.07, 6.45) is -1.52. The van der Waals surface area contributed by atoms with Crippen LogP contribution < -0.4 is 4.72 Å². The molecule has 186 valence electrons. The van der Waals surface area contributed by atoms with E-state index in [1.807, 2.05) is 13.0 Å². The van der Waals surface area contributed by atoms with Gasteiger partial charge in [-0.3, -0.25) is 9.55 Å². The fourth-order valence-corrected chi connectivity index (χ4v) is 4.82. The Morgan fingerprint density at radius 2 is 1.81 bits per heavy atom. The third kappa shape index (κ3) is 4.67. The maximum absolute atomic E-state index is 13.6. The fraction of sp³-hybridized carbons (Fsp3) is 0.208. The molecule has 3 aromatic heterocycles. The number of nitriles is 1. The zero-order valence-electron chi connectivity index (χ0n) is 19.0. The molecule has 0 aliphatic heterocycles. The lowest BCUT2D eigenvalue weighted by Crippen LogP contribution is -2.42. The summed E-state index contributed by atoms with van der Waals surface area (Å²) in [4.78, 5) is 8.18. The normalized spacial score (nSPS) is 13.0. The Labute approximate surface area is 204 Å². The summed E-state index contributed by atoms with van der Waals surface area (Å²) in [7, 11) is -4.52. The lowest BCUT2D eigenvalue weighted by atomic mass is 10.1. The fourth-order valence-electron chi connectivity index (χ4n) is 3.65. The molecule has 0 aliphatic carbocycles. The van der Waals surface area contributed by atoms with Crippen LogP contribution in [0.5, 0.6) is 0 Å². The number of nitrogens with zero attached hydrogens (tertiary/aromatic N) is 4. The number of nitrogens with one attached hydrogen (secondary N) is 1. The molecule has 0 saturated heterocycles. The van der Waals surface area contributed by atoms with Crippen LogP contribution in [0.2, 0.25) is 0 Å². The van der Waals surface area contributed by atoms with Crippen LogP contribution in [-0.2, 0) is 16.4 Å². The van der Waals surface area contributed by atoms with Crippen LogP contribution in [0.3, 0.4) is 0 Å². The van der Waals surface area contributed by atoms with E-state index < -0.39 is 33.0 Å². The van der Waals surface area contributed by atoms with Gasteiger partial charge in [-0.15, -0.1) is 0 Å². The lowest BCUT2D eigenvalue weighted by molar-refractivity contribution is -0.147. The Hall–Kier alpha value is -3.82. The van der Waals surface area contributed by atoms with Gasteiger partial charge < -0.3 is 0 Å². The van der Waals surface area contributed by atoms with E-state index in [0.717, 1.165) is 17.8 Å². The number of aromatic nitrogens is 3. The molecule has 1 atom stereocenters. The number of sulfonamides is 1. The first-order valence-electron chi connectivity index (χ1n) is 10.7. The van der Waals surface area contributed by atoms with Crippen LogP contribution in [0, 0.1) is 17.1 Å². The van der Waals surface area contributed by atoms with Crippen LogP contribution >= 0.6 is 0 Å². The molecule has 7 nitrogen and oxygen atoms in total. The molecular weight excluding hydrogens is 498 g/mol. The molecule has 0 saturated carbocycles. The van der Waals surface area contributed by atoms with E-state index in [2.05, 4.69) is 16.0 Å². The van der Waals surface area contributed by atoms with Crippen LogP contribution in [-0.4, -0.2) is 35.2 Å². The van der Waals surface area contributed by atoms with E-state index >= 15 is 0 Å². The van der Waals surface area contributed by atoms with Crippen molar-refractivity contribution in [3.8, 4) is 23.1 Å². The van der Waals surface area contributed by atoms with E-state index in [4.69, 9.17) is 0 Å². The number of pyridine rings is 2. The SMILES string of the molecule is CCc1cnc2c(c1)c(C#N)c(-c1ccc(S(=O)(=O)NC(C)C(F)(F)F)cn1)n2-c1ccc(F)cc1. The van der Waals surface area contributed by atoms with Crippen molar-refractivity contribution in [2.45, 2.75) is 37.4 Å². The highest BCUT2D eigenvalue weighted by molar-refractivity contribution is 7.89. The highest BCUT2D eigenvalue weighted by Crippen LogP contribution is 2.35. The van der Waals surface area contributed by atoms with E-state index in [-0.39, 0.29) is 17.0 Å². The summed E-state index contributed by atoms with van der Waals surface area (Å²) < 4.78 is 80.2. The second-order valence-electron chi connectivity index (χ2n) is 7.98. The van der Waals surface area contributed by atoms with Gasteiger partial charge in [0.15, 0.2) is 0 Å². The number of alkyl halides is 3. The molecule has 0 fully saturated rings. The molecule has 12 heteroatoms. The molecule has 4 aromatic rings. The van der Waals surface area contributed by atoms with E-state index in [9.17, 15) is 31.2 Å². The van der Waals surface area contributed by atoms with Gasteiger partial charge in [-0.1, -0.05) is 6.92 Å². The minimum Gasteiger partial charge on any atom is -0.291 e. The minimum absolute atomic E-state index is 0.176. The Bertz CT molecular complexity index is 1570. The number of halogens is 4. The molecule has 1 unspecified atom stereocenters. The van der Waals surface area contributed by atoms with Crippen molar-refractivity contribution in [2.24, 2.45) is 0 Å². The highest BCUT2D eigenvalue weighted by Gasteiger charge is 2.39. The first kappa shape index (κ1) is 25.3. The van der Waals surface area contributed by atoms with E-state index in [1.165, 1.54) is 30.3 Å². The highest BCUT2D eigenvalue weighted by atomic mass is 32.2. The molecule has 0 radical (unpaired) electrons. The van der Waals surface area contributed by atoms with Gasteiger partial charge in [0.25, 0.3) is 0 Å². The summed E-state index contributed by atoms with van der Waals surface area (Å²) in [5.41, 5.74) is 2.43. The molecule has 0 aliphatic rings. The van der Waals surface area contributed by atoms with Crippen LogP contribution in [0.25, 0.3) is 28.1 Å². The molecule has 1 N–H and O–H groups in total. The average molecular weight is 518 g/mol. The quantitative estimate of drug-likeness (QED) is 0.367. The van der Waals surface area contributed by atoms with Gasteiger partial charge in [0.1, 0.15) is 28.5 Å². The van der Waals surface area contributed by atoms with Crippen molar-refractivity contribution in [3.63, 3.8) is 0 Å². The van der Waals surface area contributed by atoms with Crippen LogP contribution in [0.15, 0.2) is 59.8 Å². The van der Waals surface area contributed by atoms with Crippen LogP contribution in [0.1, 0.15) is 25.0 Å². The third-order valence-electron chi connectivity index (χ3n) is 5.58. The minimum atomic E-state index is -4.76. The predicted octanol–water partition coefficient (Wildman–Crippen LogP) is 4.89. The molecule has 3 heterocycles. The van der Waals surface area contributed by atoms with Gasteiger partial charge in [0.05, 0.1) is 17.0 Å². The Morgan fingerprint density at radius 3 is 2.36 bits per heavy atom. The summed E-state index contributed by atoms with van der Waals surface area (Å²) in [5.74, 6) is -0.466. The van der Waals surface area contributed by atoms with Crippen molar-refractivity contribution in [2.75, 3.05) is 0 Å². The number of aryl methyl sites for hydroxylation is 1. The molecule has 0 amide bonds. The van der Waals surface area contributed by atoms with E-state index in [0.29, 0.717) is 30.1 Å². The standard InChI is InChI=1S/C24H19F4N5O2S/c1-3-15-10-19-20(11-29)22(33(23(19)31-12-15)17-6-4-16(25)5-7-17)21-9-8-18(13-30-21)36(34,35)32-14(2)24(26,27)28/h4-10,12-14,32H,3H2,1-2H3. The van der Waals surface area contributed by atoms with Gasteiger partial charge in [-0.05, 0) is 61.4 Å². The molecular formula is C24H19F4N5O2S. The second kappa shape index (κ2) is 9.33. The zero-order chi connectivity index (χ0) is 26.3. The van der Waals surface area contributed by atoms with Crippen molar-refractivity contribution < 1.29 is 26.0 Å². The second-order valence-corrected chi connectivity index (χ2v) is 9.69. The van der Waals surface area contributed by atoms with Crippen molar-refractivity contribution >= 4 is 21.1 Å². The molecule has 0 bridgehead atoms. The number of benzene rings is 1. The Kier molecular flexibility index (Phi) is 6.55. The van der Waals surface area contributed by atoms with E-state index in [1.54, 1.807) is 15.5 Å². The summed E-state index contributed by atoms with van der Waals surface area (Å²) in [6.45, 7) is 2.62. The molecule has 4 rings (SSSR count). The van der Waals surface area contributed by atoms with Gasteiger partial charge in [-0.2, -0.15) is 23.2 Å². The topological polar surface area (TPSA) is 101 Å². The largest absolute Gasteiger partial charge is 0.404 e. The van der Waals surface area contributed by atoms with Crippen LogP contribution in [0.4, 0.5) is 17.6 Å². The summed E-state index contributed by atoms with van der Waals surface area (Å²) in [6, 6.07) is 9.54. The smallest absolute Gasteiger partial charge is 0.291 e. The number of hydrogen-bond acceptors (Lipinski definition) is 5. The Morgan fingerprint density at radius 1 is 1.11 bits per heavy atom. The van der Waals surface area contributed by atoms with Gasteiger partial charge >= 0.3 is 6.18 Å². The van der Waals surface area contributed by atoms with Gasteiger partial charge in [0, 0.05) is 23.5 Å². The molecule has 1 aromatic carbocycles. The monoisotopic (exact) mass is 517 g/mol.